The van der Waals surface area contributed by atoms with Crippen LogP contribution in [-0.2, 0) is 30.3 Å². The number of carbonyl (C=O) groups is 3. The summed E-state index contributed by atoms with van der Waals surface area (Å²) in [5.74, 6) is -1.68. The zero-order chi connectivity index (χ0) is 17.7. The number of esters is 2. The molecule has 1 heterocycles. The van der Waals surface area contributed by atoms with E-state index in [9.17, 15) is 14.4 Å². The Hall–Kier alpha value is -2.63. The van der Waals surface area contributed by atoms with Gasteiger partial charge in [0.1, 0.15) is 0 Å². The molecular weight excluding hydrogens is 310 g/mol. The molecule has 0 bridgehead atoms. The van der Waals surface area contributed by atoms with Crippen LogP contribution < -0.4 is 4.90 Å². The quantitative estimate of drug-likeness (QED) is 0.610. The van der Waals surface area contributed by atoms with Gasteiger partial charge in [0, 0.05) is 23.9 Å². The lowest BCUT2D eigenvalue weighted by Crippen LogP contribution is -2.43. The maximum absolute atomic E-state index is 12.6. The van der Waals surface area contributed by atoms with Gasteiger partial charge in [-0.15, -0.1) is 0 Å². The van der Waals surface area contributed by atoms with Gasteiger partial charge in [0.25, 0.3) is 5.91 Å². The molecule has 6 heteroatoms. The highest BCUT2D eigenvalue weighted by atomic mass is 16.5. The van der Waals surface area contributed by atoms with Gasteiger partial charge in [0.05, 0.1) is 6.61 Å². The van der Waals surface area contributed by atoms with Crippen LogP contribution in [0.25, 0.3) is 0 Å². The van der Waals surface area contributed by atoms with E-state index in [0.717, 1.165) is 29.8 Å². The Morgan fingerprint density at radius 3 is 2.62 bits per heavy atom. The summed E-state index contributed by atoms with van der Waals surface area (Å²) >= 11 is 0. The van der Waals surface area contributed by atoms with Crippen LogP contribution in [0.5, 0.6) is 0 Å². The SMILES string of the molecule is CCOC(=O)/C=C/C(=O)O[C@H](C)C(=O)N1c2ccccc2C[C@H]1C. The molecule has 1 aliphatic rings. The number of para-hydroxylation sites is 1. The Morgan fingerprint density at radius 2 is 1.92 bits per heavy atom. The Labute approximate surface area is 141 Å². The average Bonchev–Trinajstić information content (AvgIpc) is 2.88. The van der Waals surface area contributed by atoms with Crippen molar-refractivity contribution >= 4 is 23.5 Å². The Bertz CT molecular complexity index is 667. The Morgan fingerprint density at radius 1 is 1.25 bits per heavy atom. The molecule has 0 saturated carbocycles. The fourth-order valence-corrected chi connectivity index (χ4v) is 2.69. The summed E-state index contributed by atoms with van der Waals surface area (Å²) in [5.41, 5.74) is 1.94. The molecule has 0 aromatic heterocycles. The molecule has 1 amide bonds. The zero-order valence-electron chi connectivity index (χ0n) is 14.0. The van der Waals surface area contributed by atoms with Gasteiger partial charge in [0.2, 0.25) is 0 Å². The van der Waals surface area contributed by atoms with Crippen LogP contribution >= 0.6 is 0 Å². The van der Waals surface area contributed by atoms with E-state index in [-0.39, 0.29) is 18.6 Å². The lowest BCUT2D eigenvalue weighted by molar-refractivity contribution is -0.149. The number of nitrogens with zero attached hydrogens (tertiary/aromatic N) is 1. The van der Waals surface area contributed by atoms with E-state index in [1.165, 1.54) is 6.92 Å². The molecule has 128 valence electrons. The predicted molar refractivity (Wildman–Crippen MR) is 88.4 cm³/mol. The molecule has 6 nitrogen and oxygen atoms in total. The van der Waals surface area contributed by atoms with Crippen molar-refractivity contribution in [1.82, 2.24) is 0 Å². The summed E-state index contributed by atoms with van der Waals surface area (Å²) in [4.78, 5) is 37.2. The van der Waals surface area contributed by atoms with E-state index in [4.69, 9.17) is 4.74 Å². The largest absolute Gasteiger partial charge is 0.463 e. The minimum atomic E-state index is -0.946. The predicted octanol–water partition coefficient (Wildman–Crippen LogP) is 2.02. The third kappa shape index (κ3) is 4.01. The topological polar surface area (TPSA) is 72.9 Å². The van der Waals surface area contributed by atoms with Crippen molar-refractivity contribution in [3.05, 3.63) is 42.0 Å². The summed E-state index contributed by atoms with van der Waals surface area (Å²) < 4.78 is 9.76. The van der Waals surface area contributed by atoms with Gasteiger partial charge < -0.3 is 14.4 Å². The molecule has 0 fully saturated rings. The van der Waals surface area contributed by atoms with E-state index < -0.39 is 18.0 Å². The number of anilines is 1. The van der Waals surface area contributed by atoms with E-state index in [0.29, 0.717) is 0 Å². The van der Waals surface area contributed by atoms with Gasteiger partial charge in [-0.05, 0) is 38.8 Å². The first-order chi connectivity index (χ1) is 11.4. The second kappa shape index (κ2) is 7.77. The number of ether oxygens (including phenoxy) is 2. The van der Waals surface area contributed by atoms with Crippen molar-refractivity contribution in [2.75, 3.05) is 11.5 Å². The van der Waals surface area contributed by atoms with Crippen LogP contribution in [0, 0.1) is 0 Å². The first-order valence-corrected chi connectivity index (χ1v) is 7.90. The Kier molecular flexibility index (Phi) is 5.73. The second-order valence-corrected chi connectivity index (χ2v) is 5.55. The molecule has 0 radical (unpaired) electrons. The van der Waals surface area contributed by atoms with Gasteiger partial charge in [-0.25, -0.2) is 9.59 Å². The molecule has 0 spiro atoms. The summed E-state index contributed by atoms with van der Waals surface area (Å²) in [6.07, 6.45) is 1.77. The average molecular weight is 331 g/mol. The van der Waals surface area contributed by atoms with Crippen molar-refractivity contribution in [3.63, 3.8) is 0 Å². The lowest BCUT2D eigenvalue weighted by atomic mass is 10.1. The summed E-state index contributed by atoms with van der Waals surface area (Å²) in [7, 11) is 0. The van der Waals surface area contributed by atoms with Gasteiger partial charge >= 0.3 is 11.9 Å². The maximum Gasteiger partial charge on any atom is 0.331 e. The van der Waals surface area contributed by atoms with Gasteiger partial charge in [-0.3, -0.25) is 4.79 Å². The van der Waals surface area contributed by atoms with Crippen molar-refractivity contribution in [1.29, 1.82) is 0 Å². The van der Waals surface area contributed by atoms with Gasteiger partial charge in [-0.2, -0.15) is 0 Å². The van der Waals surface area contributed by atoms with Crippen LogP contribution in [0.2, 0.25) is 0 Å². The molecular formula is C18H21NO5. The summed E-state index contributed by atoms with van der Waals surface area (Å²) in [6, 6.07) is 7.68. The minimum absolute atomic E-state index is 0.00567. The molecule has 1 aromatic carbocycles. The van der Waals surface area contributed by atoms with Crippen LogP contribution in [0.3, 0.4) is 0 Å². The molecule has 2 atom stereocenters. The number of hydrogen-bond donors (Lipinski definition) is 0. The number of rotatable bonds is 5. The molecule has 0 N–H and O–H groups in total. The highest BCUT2D eigenvalue weighted by molar-refractivity contribution is 6.00. The van der Waals surface area contributed by atoms with Crippen molar-refractivity contribution < 1.29 is 23.9 Å². The first-order valence-electron chi connectivity index (χ1n) is 7.90. The highest BCUT2D eigenvalue weighted by Crippen LogP contribution is 2.32. The lowest BCUT2D eigenvalue weighted by Gasteiger charge is -2.25. The number of hydrogen-bond acceptors (Lipinski definition) is 5. The third-order valence-corrected chi connectivity index (χ3v) is 3.73. The number of carbonyl (C=O) groups excluding carboxylic acids is 3. The molecule has 0 unspecified atom stereocenters. The van der Waals surface area contributed by atoms with E-state index >= 15 is 0 Å². The molecule has 0 saturated heterocycles. The number of fused-ring (bicyclic) bond motifs is 1. The van der Waals surface area contributed by atoms with E-state index in [1.807, 2.05) is 31.2 Å². The molecule has 1 aromatic rings. The molecule has 1 aliphatic heterocycles. The van der Waals surface area contributed by atoms with Crippen LogP contribution in [0.4, 0.5) is 5.69 Å². The fourth-order valence-electron chi connectivity index (χ4n) is 2.69. The number of benzene rings is 1. The van der Waals surface area contributed by atoms with E-state index in [1.54, 1.807) is 11.8 Å². The second-order valence-electron chi connectivity index (χ2n) is 5.55. The normalized spacial score (nSPS) is 17.5. The summed E-state index contributed by atoms with van der Waals surface area (Å²) in [6.45, 7) is 5.36. The highest BCUT2D eigenvalue weighted by Gasteiger charge is 2.34. The van der Waals surface area contributed by atoms with Crippen LogP contribution in [0.1, 0.15) is 26.3 Å². The summed E-state index contributed by atoms with van der Waals surface area (Å²) in [5, 5.41) is 0. The van der Waals surface area contributed by atoms with Gasteiger partial charge in [0.15, 0.2) is 6.10 Å². The zero-order valence-corrected chi connectivity index (χ0v) is 14.0. The third-order valence-electron chi connectivity index (χ3n) is 3.73. The Balaban J connectivity index is 2.00. The van der Waals surface area contributed by atoms with Gasteiger partial charge in [-0.1, -0.05) is 18.2 Å². The minimum Gasteiger partial charge on any atom is -0.463 e. The molecule has 0 aliphatic carbocycles. The van der Waals surface area contributed by atoms with E-state index in [2.05, 4.69) is 4.74 Å². The number of amides is 1. The maximum atomic E-state index is 12.6. The fraction of sp³-hybridized carbons (Fsp3) is 0.389. The van der Waals surface area contributed by atoms with Crippen molar-refractivity contribution in [2.45, 2.75) is 39.3 Å². The van der Waals surface area contributed by atoms with Crippen LogP contribution in [0.15, 0.2) is 36.4 Å². The molecule has 2 rings (SSSR count). The molecule has 24 heavy (non-hydrogen) atoms. The monoisotopic (exact) mass is 331 g/mol. The van der Waals surface area contributed by atoms with Crippen molar-refractivity contribution in [2.24, 2.45) is 0 Å². The smallest absolute Gasteiger partial charge is 0.331 e. The van der Waals surface area contributed by atoms with Crippen molar-refractivity contribution in [3.8, 4) is 0 Å². The first kappa shape index (κ1) is 17.7. The van der Waals surface area contributed by atoms with Crippen LogP contribution in [-0.4, -0.2) is 36.6 Å². The standard InChI is InChI=1S/C18H21NO5/c1-4-23-16(20)9-10-17(21)24-13(3)18(22)19-12(2)11-14-7-5-6-8-15(14)19/h5-10,12-13H,4,11H2,1-3H3/b10-9+/t12-,13-/m1/s1.